The van der Waals surface area contributed by atoms with Crippen molar-refractivity contribution in [3.05, 3.63) is 29.3 Å². The van der Waals surface area contributed by atoms with Gasteiger partial charge in [0.25, 0.3) is 0 Å². The molecule has 1 aliphatic carbocycles. The van der Waals surface area contributed by atoms with Crippen molar-refractivity contribution >= 4 is 46.4 Å². The third kappa shape index (κ3) is 8.15. The number of halogens is 1. The van der Waals surface area contributed by atoms with Crippen LogP contribution >= 0.6 is 11.6 Å². The average Bonchev–Trinajstić information content (AvgIpc) is 3.61. The number of methoxy groups -OCH3 is 1. The normalized spacial score (nSPS) is 24.6. The zero-order chi connectivity index (χ0) is 35.5. The minimum Gasteiger partial charge on any atom is -0.488 e. The highest BCUT2D eigenvalue weighted by Gasteiger charge is 2.62. The highest BCUT2D eigenvalue weighted by atomic mass is 35.5. The smallest absolute Gasteiger partial charge is 0.408 e. The Morgan fingerprint density at radius 1 is 1.16 bits per heavy atom. The first kappa shape index (κ1) is 36.4. The number of carbonyl (C=O) groups is 4. The van der Waals surface area contributed by atoms with E-state index in [-0.39, 0.29) is 24.8 Å². The summed E-state index contributed by atoms with van der Waals surface area (Å²) >= 11 is 6.50. The zero-order valence-corrected chi connectivity index (χ0v) is 29.8. The number of aromatic nitrogens is 1. The van der Waals surface area contributed by atoms with Crippen LogP contribution in [0, 0.1) is 11.8 Å². The lowest BCUT2D eigenvalue weighted by atomic mass is 9.90. The summed E-state index contributed by atoms with van der Waals surface area (Å²) in [4.78, 5) is 60.6. The summed E-state index contributed by atoms with van der Waals surface area (Å²) in [7, 11) is 1.29. The van der Waals surface area contributed by atoms with Crippen LogP contribution in [0.3, 0.4) is 0 Å². The van der Waals surface area contributed by atoms with Gasteiger partial charge in [0.2, 0.25) is 17.7 Å². The van der Waals surface area contributed by atoms with Gasteiger partial charge in [0.1, 0.15) is 35.1 Å². The van der Waals surface area contributed by atoms with E-state index in [0.29, 0.717) is 73.1 Å². The number of hydrogen-bond acceptors (Lipinski definition) is 10. The number of likely N-dealkylation sites (tertiary alicyclic amines) is 1. The van der Waals surface area contributed by atoms with E-state index in [2.05, 4.69) is 15.6 Å². The molecule has 1 aromatic heterocycles. The standard InChI is InChI=1S/C35H47ClN4O9/c1-7-21-18-35(21,32(43)45-6)39-30(41)25-16-22(48-26-17-27(47-8-2)37-29-23(26)10-9-11-24(29)36)19-40(25)31(42)28(20-12-14-46-15-13-20)38-33(44)49-34(3,4)5/h9-11,17,20-22,25,28H,7-8,12-16,18-19H2,1-6H3,(H,38,44)(H,39,41). The minimum absolute atomic E-state index is 0.0312. The quantitative estimate of drug-likeness (QED) is 0.322. The number of hydrogen-bond donors (Lipinski definition) is 2. The first-order valence-corrected chi connectivity index (χ1v) is 17.3. The van der Waals surface area contributed by atoms with Gasteiger partial charge in [0, 0.05) is 31.1 Å². The lowest BCUT2D eigenvalue weighted by Crippen LogP contribution is -2.58. The van der Waals surface area contributed by atoms with E-state index in [1.165, 1.54) is 12.0 Å². The van der Waals surface area contributed by atoms with E-state index in [1.54, 1.807) is 39.0 Å². The van der Waals surface area contributed by atoms with Gasteiger partial charge in [-0.25, -0.2) is 14.6 Å². The first-order valence-electron chi connectivity index (χ1n) is 17.0. The number of ether oxygens (including phenoxy) is 5. The van der Waals surface area contributed by atoms with Gasteiger partial charge in [-0.3, -0.25) is 9.59 Å². The van der Waals surface area contributed by atoms with Gasteiger partial charge in [0.05, 0.1) is 30.8 Å². The summed E-state index contributed by atoms with van der Waals surface area (Å²) in [5.74, 6) is -1.06. The molecular weight excluding hydrogens is 656 g/mol. The van der Waals surface area contributed by atoms with Crippen LogP contribution < -0.4 is 20.1 Å². The fourth-order valence-corrected chi connectivity index (χ4v) is 7.06. The summed E-state index contributed by atoms with van der Waals surface area (Å²) in [6, 6.07) is 5.00. The summed E-state index contributed by atoms with van der Waals surface area (Å²) in [5.41, 5.74) is -1.46. The Hall–Kier alpha value is -3.84. The maximum atomic E-state index is 14.6. The molecule has 13 nitrogen and oxygen atoms in total. The molecule has 0 spiro atoms. The van der Waals surface area contributed by atoms with Gasteiger partial charge in [-0.15, -0.1) is 0 Å². The average molecular weight is 703 g/mol. The van der Waals surface area contributed by atoms with Crippen molar-refractivity contribution in [2.75, 3.05) is 33.5 Å². The molecule has 3 amide bonds. The van der Waals surface area contributed by atoms with E-state index in [0.717, 1.165) is 0 Å². The van der Waals surface area contributed by atoms with Gasteiger partial charge < -0.3 is 39.2 Å². The molecule has 5 rings (SSSR count). The molecule has 2 saturated heterocycles. The van der Waals surface area contributed by atoms with Crippen molar-refractivity contribution in [3.63, 3.8) is 0 Å². The van der Waals surface area contributed by atoms with E-state index in [9.17, 15) is 19.2 Å². The Morgan fingerprint density at radius 2 is 1.90 bits per heavy atom. The van der Waals surface area contributed by atoms with Crippen molar-refractivity contribution in [2.45, 2.75) is 96.1 Å². The molecule has 2 aromatic rings. The number of pyridine rings is 1. The van der Waals surface area contributed by atoms with Crippen LogP contribution in [-0.2, 0) is 28.6 Å². The number of benzene rings is 1. The fraction of sp³-hybridized carbons (Fsp3) is 0.629. The zero-order valence-electron chi connectivity index (χ0n) is 29.0. The van der Waals surface area contributed by atoms with E-state index in [1.807, 2.05) is 19.9 Å². The van der Waals surface area contributed by atoms with Crippen molar-refractivity contribution in [2.24, 2.45) is 11.8 Å². The van der Waals surface area contributed by atoms with E-state index < -0.39 is 53.2 Å². The van der Waals surface area contributed by atoms with Crippen LogP contribution in [0.1, 0.15) is 66.7 Å². The second kappa shape index (κ2) is 15.0. The van der Waals surface area contributed by atoms with Crippen molar-refractivity contribution in [3.8, 4) is 11.6 Å². The third-order valence-corrected chi connectivity index (χ3v) is 9.64. The summed E-state index contributed by atoms with van der Waals surface area (Å²) in [5, 5.41) is 6.80. The van der Waals surface area contributed by atoms with Crippen molar-refractivity contribution in [1.29, 1.82) is 0 Å². The van der Waals surface area contributed by atoms with E-state index in [4.69, 9.17) is 35.3 Å². The molecule has 3 fully saturated rings. The van der Waals surface area contributed by atoms with E-state index >= 15 is 0 Å². The molecule has 268 valence electrons. The number of carbonyl (C=O) groups excluding carboxylic acids is 4. The maximum absolute atomic E-state index is 14.6. The van der Waals surface area contributed by atoms with Crippen LogP contribution in [0.4, 0.5) is 4.79 Å². The molecule has 2 N–H and O–H groups in total. The summed E-state index contributed by atoms with van der Waals surface area (Å²) in [6.07, 6.45) is 0.909. The number of esters is 1. The highest BCUT2D eigenvalue weighted by Crippen LogP contribution is 2.47. The minimum atomic E-state index is -1.16. The number of amides is 3. The van der Waals surface area contributed by atoms with Gasteiger partial charge >= 0.3 is 12.1 Å². The van der Waals surface area contributed by atoms with Crippen LogP contribution in [-0.4, -0.2) is 96.6 Å². The molecule has 1 saturated carbocycles. The largest absolute Gasteiger partial charge is 0.488 e. The predicted octanol–water partition coefficient (Wildman–Crippen LogP) is 4.41. The Morgan fingerprint density at radius 3 is 2.53 bits per heavy atom. The molecule has 2 aliphatic heterocycles. The molecule has 3 aliphatic rings. The number of nitrogens with zero attached hydrogens (tertiary/aromatic N) is 2. The van der Waals surface area contributed by atoms with Crippen LogP contribution in [0.15, 0.2) is 24.3 Å². The molecule has 3 heterocycles. The topological polar surface area (TPSA) is 155 Å². The Balaban J connectivity index is 1.48. The fourth-order valence-electron chi connectivity index (χ4n) is 6.84. The molecule has 0 bridgehead atoms. The monoisotopic (exact) mass is 702 g/mol. The van der Waals surface area contributed by atoms with Crippen LogP contribution in [0.5, 0.6) is 11.6 Å². The predicted molar refractivity (Wildman–Crippen MR) is 180 cm³/mol. The lowest BCUT2D eigenvalue weighted by Gasteiger charge is -2.35. The Labute approximate surface area is 291 Å². The number of alkyl carbamates (subject to hydrolysis) is 1. The van der Waals surface area contributed by atoms with Crippen molar-refractivity contribution in [1.82, 2.24) is 20.5 Å². The molecule has 5 atom stereocenters. The van der Waals surface area contributed by atoms with Crippen LogP contribution in [0.2, 0.25) is 5.02 Å². The first-order chi connectivity index (χ1) is 23.3. The lowest BCUT2D eigenvalue weighted by molar-refractivity contribution is -0.148. The van der Waals surface area contributed by atoms with Crippen molar-refractivity contribution < 1.29 is 42.9 Å². The Bertz CT molecular complexity index is 1560. The second-order valence-electron chi connectivity index (χ2n) is 13.8. The Kier molecular flexibility index (Phi) is 11.1. The number of para-hydroxylation sites is 1. The number of rotatable bonds is 11. The molecule has 5 unspecified atom stereocenters. The second-order valence-corrected chi connectivity index (χ2v) is 14.3. The molecule has 49 heavy (non-hydrogen) atoms. The highest BCUT2D eigenvalue weighted by molar-refractivity contribution is 6.35. The number of nitrogens with one attached hydrogen (secondary N) is 2. The molecule has 14 heteroatoms. The molecule has 0 radical (unpaired) electrons. The maximum Gasteiger partial charge on any atom is 0.408 e. The van der Waals surface area contributed by atoms with Gasteiger partial charge in [-0.1, -0.05) is 31.0 Å². The summed E-state index contributed by atoms with van der Waals surface area (Å²) in [6.45, 7) is 10.3. The van der Waals surface area contributed by atoms with Gasteiger partial charge in [-0.05, 0) is 70.9 Å². The van der Waals surface area contributed by atoms with Gasteiger partial charge in [0.15, 0.2) is 0 Å². The molecular formula is C35H47ClN4O9. The van der Waals surface area contributed by atoms with Gasteiger partial charge in [-0.2, -0.15) is 0 Å². The third-order valence-electron chi connectivity index (χ3n) is 9.33. The number of fused-ring (bicyclic) bond motifs is 1. The summed E-state index contributed by atoms with van der Waals surface area (Å²) < 4.78 is 28.4. The SMILES string of the molecule is CCOc1cc(OC2CC(C(=O)NC3(C(=O)OC)CC3CC)N(C(=O)C(NC(=O)OC(C)(C)C)C3CCOCC3)C2)c2cccc(Cl)c2n1. The van der Waals surface area contributed by atoms with Crippen LogP contribution in [0.25, 0.3) is 10.9 Å². The molecule has 1 aromatic carbocycles.